The molecule has 6 heteroatoms. The van der Waals surface area contributed by atoms with Crippen molar-refractivity contribution in [3.63, 3.8) is 0 Å². The van der Waals surface area contributed by atoms with E-state index in [9.17, 15) is 4.79 Å². The first-order chi connectivity index (χ1) is 19.9. The number of methoxy groups -OCH3 is 1. The van der Waals surface area contributed by atoms with Crippen molar-refractivity contribution in [1.82, 2.24) is 9.47 Å². The van der Waals surface area contributed by atoms with E-state index in [2.05, 4.69) is 48.7 Å². The number of aryl methyl sites for hydroxylation is 1. The summed E-state index contributed by atoms with van der Waals surface area (Å²) in [4.78, 5) is 20.6. The summed E-state index contributed by atoms with van der Waals surface area (Å²) < 4.78 is 7.59. The number of amides is 1. The smallest absolute Gasteiger partial charge is 0.266 e. The van der Waals surface area contributed by atoms with Crippen molar-refractivity contribution in [2.24, 2.45) is 22.7 Å². The molecular weight excluding hydrogens is 526 g/mol. The molecule has 5 fully saturated rings. The van der Waals surface area contributed by atoms with Crippen molar-refractivity contribution in [3.05, 3.63) is 82.0 Å². The Labute approximate surface area is 247 Å². The van der Waals surface area contributed by atoms with Crippen molar-refractivity contribution in [1.29, 1.82) is 0 Å². The van der Waals surface area contributed by atoms with E-state index in [1.54, 1.807) is 17.6 Å². The quantitative estimate of drug-likeness (QED) is 0.283. The summed E-state index contributed by atoms with van der Waals surface area (Å²) in [5.74, 6) is 3.65. The fourth-order valence-corrected chi connectivity index (χ4v) is 9.59. The highest BCUT2D eigenvalue weighted by Crippen LogP contribution is 2.60. The van der Waals surface area contributed by atoms with Gasteiger partial charge in [0, 0.05) is 23.6 Å². The number of carbonyl (C=O) groups is 1. The first-order valence-electron chi connectivity index (χ1n) is 15.1. The molecule has 1 aliphatic heterocycles. The lowest BCUT2D eigenvalue weighted by molar-refractivity contribution is -0.122. The standard InChI is InChI=1S/C35H39N3O2S/c1-5-37-33(39)32(41-34(37)36-29-8-12-31(40-4)13-9-29)18-27-14-22(2)38(23(27)3)30-10-6-28(7-11-30)35-19-24-15-25(20-35)17-26(16-24)21-35/h6-14,18,24-26H,5,15-17,19-21H2,1-4H3/b32-18+,36-34?. The van der Waals surface area contributed by atoms with Crippen LogP contribution >= 0.6 is 11.8 Å². The second-order valence-corrected chi connectivity index (χ2v) is 13.7. The molecule has 5 aliphatic rings. The molecular formula is C35H39N3O2S. The Hall–Kier alpha value is -3.25. The van der Waals surface area contributed by atoms with Crippen LogP contribution in [-0.2, 0) is 10.2 Å². The van der Waals surface area contributed by atoms with Gasteiger partial charge in [0.25, 0.3) is 5.91 Å². The second-order valence-electron chi connectivity index (χ2n) is 12.7. The van der Waals surface area contributed by atoms with E-state index >= 15 is 0 Å². The first-order valence-corrected chi connectivity index (χ1v) is 15.9. The third kappa shape index (κ3) is 4.64. The van der Waals surface area contributed by atoms with Gasteiger partial charge < -0.3 is 9.30 Å². The van der Waals surface area contributed by atoms with Crippen LogP contribution in [0.25, 0.3) is 11.8 Å². The Morgan fingerprint density at radius 3 is 2.20 bits per heavy atom. The van der Waals surface area contributed by atoms with Crippen LogP contribution in [0.3, 0.4) is 0 Å². The van der Waals surface area contributed by atoms with Gasteiger partial charge in [0.15, 0.2) is 5.17 Å². The molecule has 3 aromatic rings. The minimum atomic E-state index is 0.00879. The normalized spacial score (nSPS) is 28.8. The average Bonchev–Trinajstić information content (AvgIpc) is 3.41. The molecule has 0 spiro atoms. The number of carbonyl (C=O) groups excluding carboxylic acids is 1. The fourth-order valence-electron chi connectivity index (χ4n) is 8.54. The van der Waals surface area contributed by atoms with E-state index < -0.39 is 0 Å². The van der Waals surface area contributed by atoms with E-state index in [1.807, 2.05) is 37.3 Å². The third-order valence-corrected chi connectivity index (χ3v) is 11.0. The van der Waals surface area contributed by atoms with Crippen LogP contribution in [-0.4, -0.2) is 34.2 Å². The number of aliphatic imine (C=N–C) groups is 1. The number of thioether (sulfide) groups is 1. The fraction of sp³-hybridized carbons (Fsp3) is 0.429. The minimum absolute atomic E-state index is 0.00879. The molecule has 1 amide bonds. The highest BCUT2D eigenvalue weighted by atomic mass is 32.2. The Bertz CT molecular complexity index is 1510. The molecule has 0 unspecified atom stereocenters. The summed E-state index contributed by atoms with van der Waals surface area (Å²) in [5, 5.41) is 0.711. The summed E-state index contributed by atoms with van der Waals surface area (Å²) in [6.07, 6.45) is 10.6. The van der Waals surface area contributed by atoms with Gasteiger partial charge in [-0.3, -0.25) is 9.69 Å². The average molecular weight is 566 g/mol. The number of hydrogen-bond acceptors (Lipinski definition) is 4. The van der Waals surface area contributed by atoms with Crippen LogP contribution < -0.4 is 4.74 Å². The highest BCUT2D eigenvalue weighted by molar-refractivity contribution is 8.18. The number of benzene rings is 2. The minimum Gasteiger partial charge on any atom is -0.497 e. The lowest BCUT2D eigenvalue weighted by Crippen LogP contribution is -2.48. The summed E-state index contributed by atoms with van der Waals surface area (Å²) in [5.41, 5.74) is 7.37. The van der Waals surface area contributed by atoms with Gasteiger partial charge in [-0.15, -0.1) is 0 Å². The van der Waals surface area contributed by atoms with Crippen molar-refractivity contribution in [2.45, 2.75) is 64.7 Å². The van der Waals surface area contributed by atoms with Gasteiger partial charge >= 0.3 is 0 Å². The number of hydrogen-bond donors (Lipinski definition) is 0. The maximum Gasteiger partial charge on any atom is 0.266 e. The van der Waals surface area contributed by atoms with E-state index in [0.29, 0.717) is 22.0 Å². The molecule has 4 saturated carbocycles. The Kier molecular flexibility index (Phi) is 6.65. The highest BCUT2D eigenvalue weighted by Gasteiger charge is 2.51. The van der Waals surface area contributed by atoms with Crippen LogP contribution in [0.2, 0.25) is 0 Å². The molecule has 1 saturated heterocycles. The lowest BCUT2D eigenvalue weighted by atomic mass is 9.48. The van der Waals surface area contributed by atoms with Crippen LogP contribution in [0.15, 0.2) is 64.5 Å². The zero-order valence-corrected chi connectivity index (χ0v) is 25.3. The number of amidine groups is 1. The molecule has 1 aromatic heterocycles. The predicted octanol–water partition coefficient (Wildman–Crippen LogP) is 8.19. The summed E-state index contributed by atoms with van der Waals surface area (Å²) in [6, 6.07) is 19.3. The van der Waals surface area contributed by atoms with Gasteiger partial charge in [0.1, 0.15) is 5.75 Å². The topological polar surface area (TPSA) is 46.8 Å². The summed E-state index contributed by atoms with van der Waals surface area (Å²) >= 11 is 1.45. The zero-order chi connectivity index (χ0) is 28.3. The van der Waals surface area contributed by atoms with Crippen molar-refractivity contribution < 1.29 is 9.53 Å². The largest absolute Gasteiger partial charge is 0.497 e. The van der Waals surface area contributed by atoms with Crippen molar-refractivity contribution in [2.75, 3.05) is 13.7 Å². The Morgan fingerprint density at radius 2 is 1.61 bits per heavy atom. The van der Waals surface area contributed by atoms with Crippen LogP contribution in [0, 0.1) is 31.6 Å². The maximum atomic E-state index is 13.3. The SMILES string of the molecule is CCN1C(=O)/C(=C\c2cc(C)n(-c3ccc(C45CC6CC(CC(C6)C4)C5)cc3)c2C)SC1=Nc1ccc(OC)cc1. The second kappa shape index (κ2) is 10.2. The molecule has 4 aliphatic carbocycles. The molecule has 0 atom stereocenters. The van der Waals surface area contributed by atoms with E-state index in [0.717, 1.165) is 40.4 Å². The molecule has 2 heterocycles. The molecule has 0 N–H and O–H groups in total. The van der Waals surface area contributed by atoms with Crippen LogP contribution in [0.5, 0.6) is 5.75 Å². The zero-order valence-electron chi connectivity index (χ0n) is 24.5. The van der Waals surface area contributed by atoms with Gasteiger partial charge in [-0.1, -0.05) is 12.1 Å². The summed E-state index contributed by atoms with van der Waals surface area (Å²) in [7, 11) is 1.65. The molecule has 41 heavy (non-hydrogen) atoms. The third-order valence-electron chi connectivity index (χ3n) is 10.0. The molecule has 4 bridgehead atoms. The van der Waals surface area contributed by atoms with Crippen molar-refractivity contribution in [3.8, 4) is 11.4 Å². The van der Waals surface area contributed by atoms with Gasteiger partial charge in [0.2, 0.25) is 0 Å². The maximum absolute atomic E-state index is 13.3. The van der Waals surface area contributed by atoms with Gasteiger partial charge in [0.05, 0.1) is 17.7 Å². The number of nitrogens with zero attached hydrogens (tertiary/aromatic N) is 3. The molecule has 212 valence electrons. The van der Waals surface area contributed by atoms with Crippen molar-refractivity contribution >= 4 is 34.6 Å². The Balaban J connectivity index is 1.15. The monoisotopic (exact) mass is 565 g/mol. The molecule has 5 nitrogen and oxygen atoms in total. The van der Waals surface area contributed by atoms with Gasteiger partial charge in [-0.25, -0.2) is 4.99 Å². The first kappa shape index (κ1) is 26.6. The number of aromatic nitrogens is 1. The van der Waals surface area contributed by atoms with Crippen LogP contribution in [0.4, 0.5) is 5.69 Å². The molecule has 0 radical (unpaired) electrons. The van der Waals surface area contributed by atoms with Gasteiger partial charge in [-0.2, -0.15) is 0 Å². The molecule has 2 aromatic carbocycles. The van der Waals surface area contributed by atoms with Gasteiger partial charge in [-0.05, 0) is 154 Å². The molecule has 8 rings (SSSR count). The summed E-state index contributed by atoms with van der Waals surface area (Å²) in [6.45, 7) is 6.87. The predicted molar refractivity (Wildman–Crippen MR) is 168 cm³/mol. The number of rotatable bonds is 6. The lowest BCUT2D eigenvalue weighted by Gasteiger charge is -2.57. The Morgan fingerprint density at radius 1 is 0.976 bits per heavy atom. The van der Waals surface area contributed by atoms with Crippen LogP contribution in [0.1, 0.15) is 68.0 Å². The van der Waals surface area contributed by atoms with E-state index in [4.69, 9.17) is 9.73 Å². The number of likely N-dealkylation sites (N-methyl/N-ethyl adjacent to an activating group) is 1. The van der Waals surface area contributed by atoms with E-state index in [1.165, 1.54) is 61.7 Å². The number of ether oxygens (including phenoxy) is 1. The van der Waals surface area contributed by atoms with E-state index in [-0.39, 0.29) is 5.91 Å².